The molecule has 0 amide bonds. The van der Waals surface area contributed by atoms with Crippen molar-refractivity contribution in [2.75, 3.05) is 0 Å². The topological polar surface area (TPSA) is 0 Å². The Bertz CT molecular complexity index is 578. The van der Waals surface area contributed by atoms with Crippen molar-refractivity contribution in [3.63, 3.8) is 0 Å². The number of hydrogen-bond donors (Lipinski definition) is 0. The Morgan fingerprint density at radius 3 is 2.37 bits per heavy atom. The van der Waals surface area contributed by atoms with Crippen molar-refractivity contribution in [2.45, 2.75) is 19.3 Å². The SMILES string of the molecule is Cc1ccc([C@@H]2C[C@@H]2/C=C/c2ccc(Br)cc2)cc1. The smallest absolute Gasteiger partial charge is 0.0175 e. The highest BCUT2D eigenvalue weighted by Crippen LogP contribution is 2.48. The largest absolute Gasteiger partial charge is 0.0802 e. The molecule has 1 aliphatic carbocycles. The molecule has 0 bridgehead atoms. The molecule has 0 saturated heterocycles. The van der Waals surface area contributed by atoms with Crippen LogP contribution in [0, 0.1) is 12.8 Å². The second kappa shape index (κ2) is 5.34. The van der Waals surface area contributed by atoms with Crippen molar-refractivity contribution in [3.05, 3.63) is 75.8 Å². The highest BCUT2D eigenvalue weighted by Gasteiger charge is 2.35. The van der Waals surface area contributed by atoms with Gasteiger partial charge in [-0.3, -0.25) is 0 Å². The van der Waals surface area contributed by atoms with E-state index in [1.165, 1.54) is 23.1 Å². The lowest BCUT2D eigenvalue weighted by molar-refractivity contribution is 1.01. The van der Waals surface area contributed by atoms with E-state index in [1.54, 1.807) is 0 Å². The van der Waals surface area contributed by atoms with E-state index in [1.807, 2.05) is 0 Å². The summed E-state index contributed by atoms with van der Waals surface area (Å²) < 4.78 is 1.13. The minimum atomic E-state index is 0.714. The second-order valence-electron chi connectivity index (χ2n) is 5.33. The molecule has 0 heterocycles. The maximum Gasteiger partial charge on any atom is 0.0175 e. The first-order valence-corrected chi connectivity index (χ1v) is 7.52. The number of halogens is 1. The van der Waals surface area contributed by atoms with Crippen LogP contribution in [-0.4, -0.2) is 0 Å². The van der Waals surface area contributed by atoms with E-state index >= 15 is 0 Å². The fourth-order valence-corrected chi connectivity index (χ4v) is 2.70. The molecular formula is C18H17Br. The molecule has 2 aromatic rings. The van der Waals surface area contributed by atoms with Crippen molar-refractivity contribution in [2.24, 2.45) is 5.92 Å². The van der Waals surface area contributed by atoms with Gasteiger partial charge < -0.3 is 0 Å². The van der Waals surface area contributed by atoms with Crippen LogP contribution in [0.4, 0.5) is 0 Å². The number of allylic oxidation sites excluding steroid dienone is 1. The van der Waals surface area contributed by atoms with Gasteiger partial charge in [0.15, 0.2) is 0 Å². The molecule has 0 aromatic heterocycles. The van der Waals surface area contributed by atoms with Crippen LogP contribution in [0.5, 0.6) is 0 Å². The average molecular weight is 313 g/mol. The number of benzene rings is 2. The van der Waals surface area contributed by atoms with Crippen molar-refractivity contribution in [3.8, 4) is 0 Å². The third kappa shape index (κ3) is 3.16. The van der Waals surface area contributed by atoms with Gasteiger partial charge in [-0.1, -0.05) is 70.0 Å². The molecule has 1 saturated carbocycles. The summed E-state index contributed by atoms with van der Waals surface area (Å²) in [4.78, 5) is 0. The number of rotatable bonds is 3. The van der Waals surface area contributed by atoms with E-state index in [4.69, 9.17) is 0 Å². The molecule has 0 unspecified atom stereocenters. The normalized spacial score (nSPS) is 21.8. The fourth-order valence-electron chi connectivity index (χ4n) is 2.43. The van der Waals surface area contributed by atoms with Crippen molar-refractivity contribution < 1.29 is 0 Å². The molecule has 0 N–H and O–H groups in total. The summed E-state index contributed by atoms with van der Waals surface area (Å²) in [6.45, 7) is 2.14. The van der Waals surface area contributed by atoms with Gasteiger partial charge in [-0.15, -0.1) is 0 Å². The van der Waals surface area contributed by atoms with Crippen LogP contribution < -0.4 is 0 Å². The predicted octanol–water partition coefficient (Wildman–Crippen LogP) is 5.57. The molecule has 0 spiro atoms. The van der Waals surface area contributed by atoms with Crippen LogP contribution >= 0.6 is 15.9 Å². The predicted molar refractivity (Wildman–Crippen MR) is 85.2 cm³/mol. The highest BCUT2D eigenvalue weighted by molar-refractivity contribution is 9.10. The molecule has 2 aromatic carbocycles. The standard InChI is InChI=1S/C18H17Br/c1-13-2-7-15(8-3-13)18-12-16(18)9-4-14-5-10-17(19)11-6-14/h2-11,16,18H,12H2,1H3/b9-4+/t16-,18-/m0/s1. The summed E-state index contributed by atoms with van der Waals surface area (Å²) in [5, 5.41) is 0. The Labute approximate surface area is 123 Å². The first-order valence-electron chi connectivity index (χ1n) is 6.73. The van der Waals surface area contributed by atoms with E-state index < -0.39 is 0 Å². The van der Waals surface area contributed by atoms with Crippen molar-refractivity contribution in [1.82, 2.24) is 0 Å². The Balaban J connectivity index is 1.64. The maximum absolute atomic E-state index is 3.46. The zero-order chi connectivity index (χ0) is 13.2. The van der Waals surface area contributed by atoms with Gasteiger partial charge in [-0.2, -0.15) is 0 Å². The highest BCUT2D eigenvalue weighted by atomic mass is 79.9. The summed E-state index contributed by atoms with van der Waals surface area (Å²) in [6, 6.07) is 17.4. The minimum absolute atomic E-state index is 0.714. The average Bonchev–Trinajstić information content (AvgIpc) is 3.19. The Morgan fingerprint density at radius 2 is 1.68 bits per heavy atom. The van der Waals surface area contributed by atoms with Gasteiger partial charge in [0.2, 0.25) is 0 Å². The Morgan fingerprint density at radius 1 is 1.00 bits per heavy atom. The zero-order valence-electron chi connectivity index (χ0n) is 11.0. The van der Waals surface area contributed by atoms with Gasteiger partial charge >= 0.3 is 0 Å². The lowest BCUT2D eigenvalue weighted by Gasteiger charge is -1.99. The van der Waals surface area contributed by atoms with Crippen molar-refractivity contribution in [1.29, 1.82) is 0 Å². The number of hydrogen-bond acceptors (Lipinski definition) is 0. The maximum atomic E-state index is 3.46. The summed E-state index contributed by atoms with van der Waals surface area (Å²) in [5.41, 5.74) is 4.10. The summed E-state index contributed by atoms with van der Waals surface area (Å²) in [5.74, 6) is 1.44. The van der Waals surface area contributed by atoms with Crippen LogP contribution in [0.3, 0.4) is 0 Å². The first kappa shape index (κ1) is 12.7. The van der Waals surface area contributed by atoms with Crippen LogP contribution in [0.15, 0.2) is 59.1 Å². The summed E-state index contributed by atoms with van der Waals surface area (Å²) >= 11 is 3.46. The first-order chi connectivity index (χ1) is 9.22. The zero-order valence-corrected chi connectivity index (χ0v) is 12.6. The van der Waals surface area contributed by atoms with Crippen LogP contribution in [0.2, 0.25) is 0 Å². The third-order valence-electron chi connectivity index (χ3n) is 3.75. The Hall–Kier alpha value is -1.34. The summed E-state index contributed by atoms with van der Waals surface area (Å²) in [7, 11) is 0. The third-order valence-corrected chi connectivity index (χ3v) is 4.28. The molecule has 96 valence electrons. The molecule has 19 heavy (non-hydrogen) atoms. The van der Waals surface area contributed by atoms with Gasteiger partial charge in [-0.25, -0.2) is 0 Å². The molecule has 2 atom stereocenters. The molecule has 0 aliphatic heterocycles. The molecule has 3 rings (SSSR count). The van der Waals surface area contributed by atoms with Crippen LogP contribution in [0.1, 0.15) is 29.0 Å². The van der Waals surface area contributed by atoms with Crippen molar-refractivity contribution >= 4 is 22.0 Å². The quantitative estimate of drug-likeness (QED) is 0.694. The molecule has 0 radical (unpaired) electrons. The van der Waals surface area contributed by atoms with Gasteiger partial charge in [0.1, 0.15) is 0 Å². The summed E-state index contributed by atoms with van der Waals surface area (Å²) in [6.07, 6.45) is 5.88. The Kier molecular flexibility index (Phi) is 3.56. The number of aryl methyl sites for hydroxylation is 1. The van der Waals surface area contributed by atoms with E-state index in [0.717, 1.165) is 10.4 Å². The molecule has 1 aliphatic rings. The van der Waals surface area contributed by atoms with Crippen LogP contribution in [0.25, 0.3) is 6.08 Å². The van der Waals surface area contributed by atoms with Gasteiger partial charge in [0, 0.05) is 4.47 Å². The fraction of sp³-hybridized carbons (Fsp3) is 0.222. The molecular weight excluding hydrogens is 296 g/mol. The minimum Gasteiger partial charge on any atom is -0.0802 e. The molecule has 0 nitrogen and oxygen atoms in total. The van der Waals surface area contributed by atoms with Crippen LogP contribution in [-0.2, 0) is 0 Å². The van der Waals surface area contributed by atoms with E-state index in [0.29, 0.717) is 5.92 Å². The van der Waals surface area contributed by atoms with E-state index in [9.17, 15) is 0 Å². The van der Waals surface area contributed by atoms with E-state index in [-0.39, 0.29) is 0 Å². The van der Waals surface area contributed by atoms with Gasteiger partial charge in [0.25, 0.3) is 0 Å². The monoisotopic (exact) mass is 312 g/mol. The lowest BCUT2D eigenvalue weighted by atomic mass is 10.1. The van der Waals surface area contributed by atoms with Gasteiger partial charge in [-0.05, 0) is 48.4 Å². The second-order valence-corrected chi connectivity index (χ2v) is 6.24. The van der Waals surface area contributed by atoms with E-state index in [2.05, 4.69) is 83.5 Å². The lowest BCUT2D eigenvalue weighted by Crippen LogP contribution is -1.81. The van der Waals surface area contributed by atoms with Gasteiger partial charge in [0.05, 0.1) is 0 Å². The molecule has 1 heteroatoms. The molecule has 1 fully saturated rings.